The van der Waals surface area contributed by atoms with Crippen LogP contribution in [0.1, 0.15) is 31.7 Å². The third-order valence-electron chi connectivity index (χ3n) is 8.05. The minimum absolute atomic E-state index is 0.0539. The summed E-state index contributed by atoms with van der Waals surface area (Å²) in [5, 5.41) is 22.6. The number of aromatic nitrogens is 8. The molecular formula is C23H29N10O9P. The van der Waals surface area contributed by atoms with Gasteiger partial charge in [-0.05, 0) is 12.8 Å². The molecule has 7 N–H and O–H groups in total. The van der Waals surface area contributed by atoms with Crippen LogP contribution in [-0.4, -0.2) is 98.4 Å². The molecule has 3 saturated heterocycles. The molecule has 0 amide bonds. The second-order valence-electron chi connectivity index (χ2n) is 10.5. The highest BCUT2D eigenvalue weighted by Crippen LogP contribution is 2.51. The maximum atomic E-state index is 13.1. The van der Waals surface area contributed by atoms with Crippen molar-refractivity contribution in [3.8, 4) is 5.88 Å². The van der Waals surface area contributed by atoms with Crippen LogP contribution in [0.25, 0.3) is 22.3 Å². The van der Waals surface area contributed by atoms with E-state index in [0.29, 0.717) is 35.9 Å². The Bertz CT molecular complexity index is 1720. The third-order valence-corrected chi connectivity index (χ3v) is 9.04. The molecule has 3 aliphatic rings. The van der Waals surface area contributed by atoms with Gasteiger partial charge in [0, 0.05) is 5.92 Å². The number of fused-ring (bicyclic) bond motifs is 4. The number of phosphoric ester groups is 1. The van der Waals surface area contributed by atoms with Crippen LogP contribution >= 0.6 is 7.82 Å². The normalized spacial score (nSPS) is 35.1. The molecule has 0 saturated carbocycles. The smallest absolute Gasteiger partial charge is 0.472 e. The van der Waals surface area contributed by atoms with Crippen molar-refractivity contribution in [1.29, 1.82) is 0 Å². The Hall–Kier alpha value is -3.55. The van der Waals surface area contributed by atoms with E-state index in [1.165, 1.54) is 35.2 Å². The van der Waals surface area contributed by atoms with Gasteiger partial charge in [-0.15, -0.1) is 0 Å². The number of aliphatic hydroxyl groups excluding tert-OH is 2. The van der Waals surface area contributed by atoms with Crippen LogP contribution in [0, 0.1) is 5.92 Å². The molecule has 20 heteroatoms. The molecule has 43 heavy (non-hydrogen) atoms. The first kappa shape index (κ1) is 28.2. The standard InChI is InChI=1S/C23H29N10O9P/c1-38-20-13-19(30-23(25)31-20)33(8-29-13)21-14(34)9-3-2-4-10-16(42-43(36,37)39-5-11(9)41-21)15(35)22(40-10)32-7-28-12-17(24)26-6-27-18(12)32/h6-11,14-16,21-22,34-35H,2-5H2,1H3,(H,36,37)(H2,24,26,27)(H2,25,30,31). The van der Waals surface area contributed by atoms with Crippen molar-refractivity contribution in [2.24, 2.45) is 5.92 Å². The maximum absolute atomic E-state index is 13.1. The lowest BCUT2D eigenvalue weighted by Gasteiger charge is -2.23. The molecule has 4 aromatic rings. The zero-order valence-electron chi connectivity index (χ0n) is 22.7. The van der Waals surface area contributed by atoms with Gasteiger partial charge in [0.15, 0.2) is 35.1 Å². The van der Waals surface area contributed by atoms with E-state index in [9.17, 15) is 19.7 Å². The molecule has 19 nitrogen and oxygen atoms in total. The van der Waals surface area contributed by atoms with Crippen LogP contribution in [0.15, 0.2) is 19.0 Å². The minimum atomic E-state index is -4.74. The fourth-order valence-corrected chi connectivity index (χ4v) is 7.02. The predicted octanol–water partition coefficient (Wildman–Crippen LogP) is -0.342. The SMILES string of the molecule is COc1nc(N)nc2c1ncn2C1OC2COP(=O)(O)OC3C(CCCC2C1O)OC(n1cnc2c(N)ncnc21)C3O. The van der Waals surface area contributed by atoms with Crippen LogP contribution in [0.5, 0.6) is 5.88 Å². The average Bonchev–Trinajstić information content (AvgIpc) is 3.73. The van der Waals surface area contributed by atoms with Gasteiger partial charge in [-0.2, -0.15) is 9.97 Å². The number of nitrogen functional groups attached to an aromatic ring is 2. The van der Waals surface area contributed by atoms with E-state index in [4.69, 9.17) is 34.7 Å². The van der Waals surface area contributed by atoms with E-state index < -0.39 is 56.7 Å². The quantitative estimate of drug-likeness (QED) is 0.183. The Morgan fingerprint density at radius 3 is 2.47 bits per heavy atom. The molecule has 4 aromatic heterocycles. The molecular weight excluding hydrogens is 591 g/mol. The molecule has 0 radical (unpaired) electrons. The van der Waals surface area contributed by atoms with Crippen molar-refractivity contribution < 1.29 is 42.9 Å². The Kier molecular flexibility index (Phi) is 6.94. The van der Waals surface area contributed by atoms with Crippen molar-refractivity contribution >= 4 is 41.9 Å². The molecule has 0 aliphatic carbocycles. The van der Waals surface area contributed by atoms with E-state index >= 15 is 0 Å². The molecule has 230 valence electrons. The number of anilines is 2. The molecule has 9 unspecified atom stereocenters. The lowest BCUT2D eigenvalue weighted by Crippen LogP contribution is -2.34. The summed E-state index contributed by atoms with van der Waals surface area (Å²) >= 11 is 0. The molecule has 9 atom stereocenters. The Morgan fingerprint density at radius 2 is 1.67 bits per heavy atom. The summed E-state index contributed by atoms with van der Waals surface area (Å²) in [6.07, 6.45) is -1.96. The van der Waals surface area contributed by atoms with Crippen molar-refractivity contribution in [2.45, 2.75) is 62.2 Å². The topological polar surface area (TPSA) is 263 Å². The fourth-order valence-electron chi connectivity index (χ4n) is 6.05. The van der Waals surface area contributed by atoms with Crippen molar-refractivity contribution in [3.63, 3.8) is 0 Å². The second kappa shape index (κ2) is 10.6. The van der Waals surface area contributed by atoms with Crippen molar-refractivity contribution in [1.82, 2.24) is 39.0 Å². The summed E-state index contributed by atoms with van der Waals surface area (Å²) in [6.45, 7) is -0.376. The largest absolute Gasteiger partial charge is 0.479 e. The van der Waals surface area contributed by atoms with E-state index in [-0.39, 0.29) is 29.9 Å². The van der Waals surface area contributed by atoms with Gasteiger partial charge in [-0.3, -0.25) is 18.2 Å². The van der Waals surface area contributed by atoms with Crippen LogP contribution in [0.3, 0.4) is 0 Å². The second-order valence-corrected chi connectivity index (χ2v) is 11.9. The molecule has 3 aliphatic heterocycles. The summed E-state index contributed by atoms with van der Waals surface area (Å²) in [5.41, 5.74) is 13.0. The Morgan fingerprint density at radius 1 is 0.953 bits per heavy atom. The highest BCUT2D eigenvalue weighted by molar-refractivity contribution is 7.47. The van der Waals surface area contributed by atoms with E-state index in [0.717, 1.165) is 0 Å². The third kappa shape index (κ3) is 4.77. The van der Waals surface area contributed by atoms with Crippen molar-refractivity contribution in [3.05, 3.63) is 19.0 Å². The number of hydrogen-bond acceptors (Lipinski definition) is 16. The molecule has 0 aromatic carbocycles. The van der Waals surface area contributed by atoms with Crippen LogP contribution in [0.2, 0.25) is 0 Å². The summed E-state index contributed by atoms with van der Waals surface area (Å²) < 4.78 is 44.5. The van der Waals surface area contributed by atoms with E-state index in [2.05, 4.69) is 29.9 Å². The van der Waals surface area contributed by atoms with E-state index in [1.54, 1.807) is 0 Å². The van der Waals surface area contributed by atoms with Crippen LogP contribution in [-0.2, 0) is 23.1 Å². The summed E-state index contributed by atoms with van der Waals surface area (Å²) in [6, 6.07) is 0. The molecule has 0 spiro atoms. The fraction of sp³-hybridized carbons (Fsp3) is 0.565. The number of rotatable bonds is 3. The zero-order valence-corrected chi connectivity index (χ0v) is 23.5. The van der Waals surface area contributed by atoms with Gasteiger partial charge >= 0.3 is 7.82 Å². The summed E-state index contributed by atoms with van der Waals surface area (Å²) in [4.78, 5) is 35.5. The number of hydrogen-bond donors (Lipinski definition) is 5. The van der Waals surface area contributed by atoms with Gasteiger partial charge in [0.2, 0.25) is 11.8 Å². The highest BCUT2D eigenvalue weighted by Gasteiger charge is 2.51. The lowest BCUT2D eigenvalue weighted by atomic mass is 9.91. The van der Waals surface area contributed by atoms with Crippen LogP contribution in [0.4, 0.5) is 11.8 Å². The number of imidazole rings is 2. The number of ether oxygens (including phenoxy) is 3. The lowest BCUT2D eigenvalue weighted by molar-refractivity contribution is -0.0529. The highest BCUT2D eigenvalue weighted by atomic mass is 31.2. The maximum Gasteiger partial charge on any atom is 0.472 e. The van der Waals surface area contributed by atoms with Crippen LogP contribution < -0.4 is 16.2 Å². The number of nitrogens with zero attached hydrogens (tertiary/aromatic N) is 8. The van der Waals surface area contributed by atoms with Gasteiger partial charge in [0.1, 0.15) is 30.2 Å². The number of nitrogens with two attached hydrogens (primary N) is 2. The Labute approximate surface area is 242 Å². The van der Waals surface area contributed by atoms with E-state index in [1.807, 2.05) is 0 Å². The van der Waals surface area contributed by atoms with Gasteiger partial charge in [0.25, 0.3) is 0 Å². The molecule has 3 fully saturated rings. The first-order chi connectivity index (χ1) is 20.6. The van der Waals surface area contributed by atoms with Gasteiger partial charge in [-0.1, -0.05) is 6.42 Å². The number of aliphatic hydroxyl groups is 2. The summed E-state index contributed by atoms with van der Waals surface area (Å²) in [5.74, 6) is -0.252. The minimum Gasteiger partial charge on any atom is -0.479 e. The Balaban J connectivity index is 1.14. The number of methoxy groups -OCH3 is 1. The number of phosphoric acid groups is 1. The van der Waals surface area contributed by atoms with Gasteiger partial charge < -0.3 is 40.8 Å². The molecule has 7 heterocycles. The van der Waals surface area contributed by atoms with Gasteiger partial charge in [0.05, 0.1) is 38.6 Å². The first-order valence-electron chi connectivity index (χ1n) is 13.4. The van der Waals surface area contributed by atoms with Crippen molar-refractivity contribution in [2.75, 3.05) is 25.2 Å². The first-order valence-corrected chi connectivity index (χ1v) is 14.9. The summed E-state index contributed by atoms with van der Waals surface area (Å²) in [7, 11) is -3.32. The monoisotopic (exact) mass is 620 g/mol. The molecule has 0 bridgehead atoms. The zero-order chi connectivity index (χ0) is 30.0. The average molecular weight is 621 g/mol. The molecule has 7 rings (SSSR count). The predicted molar refractivity (Wildman–Crippen MR) is 144 cm³/mol. The van der Waals surface area contributed by atoms with Gasteiger partial charge in [-0.25, -0.2) is 24.5 Å².